The molecule has 3 saturated carbocycles. The van der Waals surface area contributed by atoms with Gasteiger partial charge in [0, 0.05) is 49.0 Å². The monoisotopic (exact) mass is 497 g/mol. The Morgan fingerprint density at radius 3 is 2.32 bits per heavy atom. The van der Waals surface area contributed by atoms with Gasteiger partial charge in [0.25, 0.3) is 5.91 Å². The van der Waals surface area contributed by atoms with Crippen LogP contribution in [0, 0.1) is 11.2 Å². The van der Waals surface area contributed by atoms with Crippen LogP contribution >= 0.6 is 0 Å². The molecule has 1 aromatic heterocycles. The number of hydrogen-bond acceptors (Lipinski definition) is 4. The van der Waals surface area contributed by atoms with Crippen LogP contribution in [0.4, 0.5) is 4.39 Å². The summed E-state index contributed by atoms with van der Waals surface area (Å²) in [5.74, 6) is -0.137. The number of amides is 2. The van der Waals surface area contributed by atoms with E-state index in [1.807, 2.05) is 53.4 Å². The van der Waals surface area contributed by atoms with Crippen molar-refractivity contribution in [3.05, 3.63) is 83.7 Å². The normalized spacial score (nSPS) is 25.1. The number of nitrogens with one attached hydrogen (secondary N) is 1. The first-order valence-corrected chi connectivity index (χ1v) is 12.9. The number of rotatable bonds is 5. The maximum atomic E-state index is 13.4. The molecule has 8 rings (SSSR count). The molecule has 7 heteroatoms. The molecule has 4 fully saturated rings. The van der Waals surface area contributed by atoms with Crippen molar-refractivity contribution in [1.82, 2.24) is 15.1 Å². The number of nitrogens with zero attached hydrogens (tertiary/aromatic N) is 2. The average Bonchev–Trinajstić information content (AvgIpc) is 3.25. The zero-order chi connectivity index (χ0) is 25.2. The van der Waals surface area contributed by atoms with Crippen LogP contribution < -0.4 is 5.32 Å². The SMILES string of the molecule is O=C(NC12CC(C(=O)N3CCN(Cc4ccc(F)cc4)CC3)(C1)C2)c1cccc2c1oc1ccccc12. The summed E-state index contributed by atoms with van der Waals surface area (Å²) >= 11 is 0. The lowest BCUT2D eigenvalue weighted by Crippen LogP contribution is -2.78. The van der Waals surface area contributed by atoms with E-state index in [4.69, 9.17) is 4.42 Å². The highest BCUT2D eigenvalue weighted by atomic mass is 19.1. The van der Waals surface area contributed by atoms with Gasteiger partial charge in [-0.1, -0.05) is 42.5 Å². The van der Waals surface area contributed by atoms with Gasteiger partial charge in [-0.25, -0.2) is 4.39 Å². The van der Waals surface area contributed by atoms with Crippen LogP contribution in [0.25, 0.3) is 21.9 Å². The summed E-state index contributed by atoms with van der Waals surface area (Å²) in [6.07, 6.45) is 2.11. The third-order valence-electron chi connectivity index (χ3n) is 8.49. The molecule has 37 heavy (non-hydrogen) atoms. The van der Waals surface area contributed by atoms with E-state index < -0.39 is 0 Å². The van der Waals surface area contributed by atoms with Crippen LogP contribution in [0.5, 0.6) is 0 Å². The summed E-state index contributed by atoms with van der Waals surface area (Å²) in [6, 6.07) is 20.1. The van der Waals surface area contributed by atoms with Gasteiger partial charge in [0.2, 0.25) is 5.91 Å². The second-order valence-corrected chi connectivity index (χ2v) is 11.0. The van der Waals surface area contributed by atoms with E-state index in [0.29, 0.717) is 43.5 Å². The third-order valence-corrected chi connectivity index (χ3v) is 8.49. The molecular formula is C30H28FN3O3. The van der Waals surface area contributed by atoms with Gasteiger partial charge in [-0.15, -0.1) is 0 Å². The maximum Gasteiger partial charge on any atom is 0.255 e. The maximum absolute atomic E-state index is 13.4. The first kappa shape index (κ1) is 22.5. The molecule has 188 valence electrons. The minimum atomic E-state index is -0.322. The van der Waals surface area contributed by atoms with Crippen molar-refractivity contribution >= 4 is 33.8 Å². The van der Waals surface area contributed by atoms with Gasteiger partial charge in [0.1, 0.15) is 17.0 Å². The Kier molecular flexibility index (Phi) is 4.95. The van der Waals surface area contributed by atoms with Gasteiger partial charge in [0.15, 0.2) is 0 Å². The number of piperazine rings is 1. The highest BCUT2D eigenvalue weighted by Crippen LogP contribution is 2.68. The molecule has 0 atom stereocenters. The number of fused-ring (bicyclic) bond motifs is 3. The van der Waals surface area contributed by atoms with E-state index in [-0.39, 0.29) is 28.6 Å². The van der Waals surface area contributed by atoms with E-state index >= 15 is 0 Å². The summed E-state index contributed by atoms with van der Waals surface area (Å²) in [5.41, 5.74) is 2.39. The zero-order valence-electron chi connectivity index (χ0n) is 20.5. The summed E-state index contributed by atoms with van der Waals surface area (Å²) < 4.78 is 19.2. The summed E-state index contributed by atoms with van der Waals surface area (Å²) in [7, 11) is 0. The largest absolute Gasteiger partial charge is 0.455 e. The van der Waals surface area contributed by atoms with Gasteiger partial charge < -0.3 is 14.6 Å². The molecule has 3 aromatic carbocycles. The minimum absolute atomic E-state index is 0.139. The number of halogens is 1. The number of benzene rings is 3. The Bertz CT molecular complexity index is 1520. The fourth-order valence-electron chi connectivity index (χ4n) is 6.67. The highest BCUT2D eigenvalue weighted by molar-refractivity contribution is 6.13. The van der Waals surface area contributed by atoms with E-state index in [0.717, 1.165) is 41.6 Å². The highest BCUT2D eigenvalue weighted by Gasteiger charge is 2.72. The van der Waals surface area contributed by atoms with Gasteiger partial charge in [-0.3, -0.25) is 14.5 Å². The first-order valence-electron chi connectivity index (χ1n) is 12.9. The smallest absolute Gasteiger partial charge is 0.255 e. The van der Waals surface area contributed by atoms with Gasteiger partial charge in [-0.2, -0.15) is 0 Å². The van der Waals surface area contributed by atoms with E-state index in [9.17, 15) is 14.0 Å². The van der Waals surface area contributed by atoms with E-state index in [2.05, 4.69) is 10.2 Å². The minimum Gasteiger partial charge on any atom is -0.455 e. The molecular weight excluding hydrogens is 469 g/mol. The van der Waals surface area contributed by atoms with Crippen molar-refractivity contribution in [2.24, 2.45) is 5.41 Å². The Hall–Kier alpha value is -3.71. The van der Waals surface area contributed by atoms with Crippen LogP contribution in [-0.2, 0) is 11.3 Å². The molecule has 0 unspecified atom stereocenters. The number of para-hydroxylation sites is 2. The average molecular weight is 498 g/mol. The van der Waals surface area contributed by atoms with E-state index in [1.165, 1.54) is 12.1 Å². The van der Waals surface area contributed by atoms with Crippen LogP contribution in [0.3, 0.4) is 0 Å². The van der Waals surface area contributed by atoms with Crippen LogP contribution in [0.15, 0.2) is 71.1 Å². The first-order chi connectivity index (χ1) is 17.9. The predicted octanol–water partition coefficient (Wildman–Crippen LogP) is 4.72. The van der Waals surface area contributed by atoms with Gasteiger partial charge in [-0.05, 0) is 49.1 Å². The van der Waals surface area contributed by atoms with Gasteiger partial charge in [0.05, 0.1) is 11.0 Å². The van der Waals surface area contributed by atoms with Crippen LogP contribution in [0.1, 0.15) is 35.2 Å². The number of carbonyl (C=O) groups is 2. The van der Waals surface area contributed by atoms with Crippen molar-refractivity contribution in [2.45, 2.75) is 31.3 Å². The van der Waals surface area contributed by atoms with Crippen molar-refractivity contribution in [1.29, 1.82) is 0 Å². The number of hydrogen-bond donors (Lipinski definition) is 1. The Labute approximate surface area is 214 Å². The lowest BCUT2D eigenvalue weighted by atomic mass is 9.39. The van der Waals surface area contributed by atoms with Crippen molar-refractivity contribution < 1.29 is 18.4 Å². The fourth-order valence-corrected chi connectivity index (χ4v) is 6.67. The molecule has 4 aliphatic rings. The second kappa shape index (κ2) is 8.15. The summed E-state index contributed by atoms with van der Waals surface area (Å²) in [6.45, 7) is 3.79. The third kappa shape index (κ3) is 3.63. The molecule has 1 aliphatic heterocycles. The summed E-state index contributed by atoms with van der Waals surface area (Å²) in [5, 5.41) is 5.16. The van der Waals surface area contributed by atoms with Crippen molar-refractivity contribution in [2.75, 3.05) is 26.2 Å². The topological polar surface area (TPSA) is 65.8 Å². The zero-order valence-corrected chi connectivity index (χ0v) is 20.5. The van der Waals surface area contributed by atoms with E-state index in [1.54, 1.807) is 6.07 Å². The Morgan fingerprint density at radius 1 is 0.865 bits per heavy atom. The quantitative estimate of drug-likeness (QED) is 0.433. The standard InChI is InChI=1S/C30H28FN3O3/c31-21-10-8-20(9-11-21)16-33-12-14-34(15-13-33)28(36)29-17-30(18-29,19-29)32-27(35)24-6-3-5-23-22-4-1-2-7-25(22)37-26(23)24/h1-11H,12-19H2,(H,32,35). The van der Waals surface area contributed by atoms with Crippen LogP contribution in [0.2, 0.25) is 0 Å². The van der Waals surface area contributed by atoms with Crippen molar-refractivity contribution in [3.8, 4) is 0 Å². The fraction of sp³-hybridized carbons (Fsp3) is 0.333. The number of furan rings is 1. The van der Waals surface area contributed by atoms with Gasteiger partial charge >= 0.3 is 0 Å². The Morgan fingerprint density at radius 2 is 1.57 bits per heavy atom. The Balaban J connectivity index is 0.965. The molecule has 6 nitrogen and oxygen atoms in total. The lowest BCUT2D eigenvalue weighted by Gasteiger charge is -2.70. The molecule has 4 aromatic rings. The lowest BCUT2D eigenvalue weighted by molar-refractivity contribution is -0.190. The predicted molar refractivity (Wildman–Crippen MR) is 138 cm³/mol. The molecule has 1 N–H and O–H groups in total. The molecule has 3 aliphatic carbocycles. The number of carbonyl (C=O) groups excluding carboxylic acids is 2. The van der Waals surface area contributed by atoms with Crippen molar-refractivity contribution in [3.63, 3.8) is 0 Å². The second-order valence-electron chi connectivity index (χ2n) is 11.0. The molecule has 0 radical (unpaired) electrons. The molecule has 1 saturated heterocycles. The molecule has 2 bridgehead atoms. The summed E-state index contributed by atoms with van der Waals surface area (Å²) in [4.78, 5) is 30.9. The molecule has 2 heterocycles. The molecule has 0 spiro atoms. The van der Waals surface area contributed by atoms with Crippen LogP contribution in [-0.4, -0.2) is 53.3 Å². The molecule has 2 amide bonds.